The van der Waals surface area contributed by atoms with Gasteiger partial charge in [0, 0.05) is 29.8 Å². The lowest BCUT2D eigenvalue weighted by atomic mass is 10.1. The number of nitrogens with zero attached hydrogens (tertiary/aromatic N) is 3. The Morgan fingerprint density at radius 2 is 2.05 bits per heavy atom. The molecule has 37 heavy (non-hydrogen) atoms. The normalized spacial score (nSPS) is 12.8. The zero-order valence-corrected chi connectivity index (χ0v) is 20.5. The predicted octanol–water partition coefficient (Wildman–Crippen LogP) is 4.20. The van der Waals surface area contributed by atoms with Crippen LogP contribution >= 0.6 is 0 Å². The third kappa shape index (κ3) is 6.53. The average Bonchev–Trinajstić information content (AvgIpc) is 3.30. The fourth-order valence-electron chi connectivity index (χ4n) is 3.36. The van der Waals surface area contributed by atoms with Crippen LogP contribution in [0.3, 0.4) is 0 Å². The first-order valence-electron chi connectivity index (χ1n) is 11.2. The Kier molecular flexibility index (Phi) is 8.66. The van der Waals surface area contributed by atoms with E-state index >= 15 is 0 Å². The molecule has 3 aromatic rings. The lowest BCUT2D eigenvalue weighted by molar-refractivity contribution is -0.140. The summed E-state index contributed by atoms with van der Waals surface area (Å²) in [6.07, 6.45) is 0.538. The fourth-order valence-corrected chi connectivity index (χ4v) is 3.36. The highest BCUT2D eigenvalue weighted by Gasteiger charge is 2.33. The number of nitrogens with two attached hydrogens (primary N) is 1. The van der Waals surface area contributed by atoms with Gasteiger partial charge in [-0.2, -0.15) is 13.2 Å². The molecule has 0 aliphatic heterocycles. The van der Waals surface area contributed by atoms with E-state index < -0.39 is 17.8 Å². The van der Waals surface area contributed by atoms with Gasteiger partial charge in [0.25, 0.3) is 5.91 Å². The quantitative estimate of drug-likeness (QED) is 0.345. The molecule has 196 valence electrons. The Morgan fingerprint density at radius 3 is 2.70 bits per heavy atom. The van der Waals surface area contributed by atoms with E-state index in [4.69, 9.17) is 14.9 Å². The lowest BCUT2D eigenvalue weighted by Crippen LogP contribution is -2.40. The van der Waals surface area contributed by atoms with Gasteiger partial charge in [-0.25, -0.2) is 15.0 Å². The molecule has 0 bridgehead atoms. The SMILES string of the molecule is C=C(/N=C\C=C/C)NC[C@H](C)NC(=O)c1nc(-c2ccc(OC)c3nc(C(F)(F)F)ccc23)oc1CN. The van der Waals surface area contributed by atoms with E-state index in [1.807, 2.05) is 13.0 Å². The van der Waals surface area contributed by atoms with E-state index in [0.29, 0.717) is 23.3 Å². The van der Waals surface area contributed by atoms with Crippen molar-refractivity contribution < 1.29 is 27.1 Å². The minimum absolute atomic E-state index is 0.0114. The number of methoxy groups -OCH3 is 1. The van der Waals surface area contributed by atoms with Crippen molar-refractivity contribution in [2.45, 2.75) is 32.6 Å². The second kappa shape index (κ2) is 11.7. The van der Waals surface area contributed by atoms with Crippen molar-refractivity contribution in [3.8, 4) is 17.2 Å². The number of oxazole rings is 1. The predicted molar refractivity (Wildman–Crippen MR) is 134 cm³/mol. The highest BCUT2D eigenvalue weighted by Crippen LogP contribution is 2.36. The summed E-state index contributed by atoms with van der Waals surface area (Å²) in [6.45, 7) is 7.64. The van der Waals surface area contributed by atoms with Crippen LogP contribution in [0, 0.1) is 0 Å². The van der Waals surface area contributed by atoms with Gasteiger partial charge < -0.3 is 25.5 Å². The molecule has 0 fully saturated rings. The number of nitrogens with one attached hydrogen (secondary N) is 2. The van der Waals surface area contributed by atoms with Gasteiger partial charge in [-0.3, -0.25) is 4.79 Å². The number of carbonyl (C=O) groups excluding carboxylic acids is 1. The van der Waals surface area contributed by atoms with Gasteiger partial charge in [0.05, 0.1) is 13.7 Å². The molecule has 0 saturated heterocycles. The van der Waals surface area contributed by atoms with Gasteiger partial charge in [-0.05, 0) is 44.2 Å². The number of halogens is 3. The first kappa shape index (κ1) is 27.4. The molecular weight excluding hydrogens is 489 g/mol. The van der Waals surface area contributed by atoms with Crippen molar-refractivity contribution in [3.63, 3.8) is 0 Å². The van der Waals surface area contributed by atoms with Crippen LogP contribution in [-0.4, -0.2) is 41.8 Å². The van der Waals surface area contributed by atoms with Gasteiger partial charge in [0.15, 0.2) is 11.5 Å². The number of rotatable bonds is 10. The van der Waals surface area contributed by atoms with Crippen molar-refractivity contribution in [2.24, 2.45) is 10.7 Å². The van der Waals surface area contributed by atoms with Gasteiger partial charge >= 0.3 is 6.18 Å². The molecule has 12 heteroatoms. The van der Waals surface area contributed by atoms with Crippen LogP contribution in [0.15, 0.2) is 58.2 Å². The maximum absolute atomic E-state index is 13.2. The molecule has 9 nitrogen and oxygen atoms in total. The Labute approximate surface area is 211 Å². The summed E-state index contributed by atoms with van der Waals surface area (Å²) >= 11 is 0. The Morgan fingerprint density at radius 1 is 1.30 bits per heavy atom. The molecule has 0 aliphatic rings. The highest BCUT2D eigenvalue weighted by atomic mass is 19.4. The molecule has 1 aromatic carbocycles. The van der Waals surface area contributed by atoms with Crippen LogP contribution in [0.1, 0.15) is 35.8 Å². The second-order valence-electron chi connectivity index (χ2n) is 7.91. The van der Waals surface area contributed by atoms with Crippen molar-refractivity contribution >= 4 is 23.0 Å². The monoisotopic (exact) mass is 516 g/mol. The first-order chi connectivity index (χ1) is 17.6. The largest absolute Gasteiger partial charge is 0.494 e. The molecule has 2 aromatic heterocycles. The average molecular weight is 517 g/mol. The number of aliphatic imine (C=N–C) groups is 1. The second-order valence-corrected chi connectivity index (χ2v) is 7.91. The van der Waals surface area contributed by atoms with Gasteiger partial charge in [-0.1, -0.05) is 12.7 Å². The van der Waals surface area contributed by atoms with Crippen LogP contribution < -0.4 is 21.1 Å². The smallest absolute Gasteiger partial charge is 0.433 e. The Hall–Kier alpha value is -4.19. The molecule has 3 rings (SSSR count). The van der Waals surface area contributed by atoms with Gasteiger partial charge in [0.1, 0.15) is 22.8 Å². The van der Waals surface area contributed by atoms with Crippen LogP contribution in [0.5, 0.6) is 5.75 Å². The van der Waals surface area contributed by atoms with Crippen LogP contribution in [0.4, 0.5) is 13.2 Å². The molecule has 0 spiro atoms. The Balaban J connectivity index is 1.87. The van der Waals surface area contributed by atoms with Crippen molar-refractivity contribution in [1.29, 1.82) is 0 Å². The zero-order valence-electron chi connectivity index (χ0n) is 20.5. The topological polar surface area (TPSA) is 128 Å². The number of alkyl halides is 3. The van der Waals surface area contributed by atoms with Crippen LogP contribution in [0.25, 0.3) is 22.4 Å². The summed E-state index contributed by atoms with van der Waals surface area (Å²) in [4.78, 5) is 25.1. The third-order valence-corrected chi connectivity index (χ3v) is 5.16. The number of pyridine rings is 1. The number of allylic oxidation sites excluding steroid dienone is 2. The number of ether oxygens (including phenoxy) is 1. The summed E-state index contributed by atoms with van der Waals surface area (Å²) < 4.78 is 50.6. The maximum Gasteiger partial charge on any atom is 0.433 e. The number of fused-ring (bicyclic) bond motifs is 1. The van der Waals surface area contributed by atoms with Crippen molar-refractivity contribution in [1.82, 2.24) is 20.6 Å². The van der Waals surface area contributed by atoms with Crippen molar-refractivity contribution in [3.05, 3.63) is 66.0 Å². The molecule has 1 amide bonds. The fraction of sp³-hybridized carbons (Fsp3) is 0.280. The molecular formula is C25H27F3N6O3. The van der Waals surface area contributed by atoms with E-state index in [2.05, 4.69) is 32.2 Å². The number of carbonyl (C=O) groups is 1. The molecule has 2 heterocycles. The molecule has 4 N–H and O–H groups in total. The number of aromatic nitrogens is 2. The molecule has 0 radical (unpaired) electrons. The number of hydrogen-bond donors (Lipinski definition) is 3. The summed E-state index contributed by atoms with van der Waals surface area (Å²) in [5, 5.41) is 6.09. The third-order valence-electron chi connectivity index (χ3n) is 5.16. The highest BCUT2D eigenvalue weighted by molar-refractivity contribution is 5.98. The Bertz CT molecular complexity index is 1350. The minimum atomic E-state index is -4.63. The van der Waals surface area contributed by atoms with Crippen LogP contribution in [0.2, 0.25) is 0 Å². The van der Waals surface area contributed by atoms with Crippen LogP contribution in [-0.2, 0) is 12.7 Å². The number of hydrogen-bond acceptors (Lipinski definition) is 8. The molecule has 0 aliphatic carbocycles. The van der Waals surface area contributed by atoms with E-state index in [0.717, 1.165) is 6.07 Å². The van der Waals surface area contributed by atoms with E-state index in [1.54, 1.807) is 25.3 Å². The van der Waals surface area contributed by atoms with Gasteiger partial charge in [0.2, 0.25) is 5.89 Å². The van der Waals surface area contributed by atoms with Crippen molar-refractivity contribution in [2.75, 3.05) is 13.7 Å². The standard InChI is InChI=1S/C25H27F3N6O3/c1-5-6-11-30-15(3)31-13-14(2)32-23(35)22-19(12-29)37-24(34-22)17-7-9-18(36-4)21-16(17)8-10-20(33-21)25(26,27)28/h5-11,14,31H,3,12-13,29H2,1-2,4H3,(H,32,35)/b6-5-,30-11-/t14-/m0/s1. The number of amides is 1. The van der Waals surface area contributed by atoms with E-state index in [9.17, 15) is 18.0 Å². The van der Waals surface area contributed by atoms with E-state index in [1.165, 1.54) is 19.2 Å². The summed E-state index contributed by atoms with van der Waals surface area (Å²) in [5.74, 6) is 0.183. The molecule has 0 saturated carbocycles. The van der Waals surface area contributed by atoms with Gasteiger partial charge in [-0.15, -0.1) is 0 Å². The maximum atomic E-state index is 13.2. The molecule has 0 unspecified atom stereocenters. The lowest BCUT2D eigenvalue weighted by Gasteiger charge is -2.14. The number of benzene rings is 1. The zero-order chi connectivity index (χ0) is 27.2. The first-order valence-corrected chi connectivity index (χ1v) is 11.2. The minimum Gasteiger partial charge on any atom is -0.494 e. The van der Waals surface area contributed by atoms with E-state index in [-0.39, 0.29) is 41.2 Å². The summed E-state index contributed by atoms with van der Waals surface area (Å²) in [5.41, 5.74) is 4.99. The summed E-state index contributed by atoms with van der Waals surface area (Å²) in [6, 6.07) is 4.80. The molecule has 1 atom stereocenters. The summed E-state index contributed by atoms with van der Waals surface area (Å²) in [7, 11) is 1.33.